The molecule has 8 heteroatoms. The summed E-state index contributed by atoms with van der Waals surface area (Å²) in [6.07, 6.45) is 0.805. The zero-order valence-corrected chi connectivity index (χ0v) is 17.7. The molecule has 8 nitrogen and oxygen atoms in total. The van der Waals surface area contributed by atoms with Gasteiger partial charge in [0, 0.05) is 26.7 Å². The van der Waals surface area contributed by atoms with Gasteiger partial charge in [-0.1, -0.05) is 30.3 Å². The Labute approximate surface area is 172 Å². The van der Waals surface area contributed by atoms with Gasteiger partial charge in [0.15, 0.2) is 0 Å². The first-order valence-corrected chi connectivity index (χ1v) is 10.1. The molecule has 0 saturated carbocycles. The van der Waals surface area contributed by atoms with Gasteiger partial charge < -0.3 is 10.0 Å². The van der Waals surface area contributed by atoms with E-state index in [9.17, 15) is 14.7 Å². The molecule has 0 bridgehead atoms. The average molecular weight is 405 g/mol. The van der Waals surface area contributed by atoms with Gasteiger partial charge >= 0.3 is 0 Å². The van der Waals surface area contributed by atoms with Gasteiger partial charge in [0.1, 0.15) is 18.2 Å². The summed E-state index contributed by atoms with van der Waals surface area (Å²) in [7, 11) is 5.21. The molecule has 2 fully saturated rings. The van der Waals surface area contributed by atoms with Crippen molar-refractivity contribution in [3.8, 4) is 0 Å². The van der Waals surface area contributed by atoms with Crippen LogP contribution in [0.1, 0.15) is 25.3 Å². The van der Waals surface area contributed by atoms with Gasteiger partial charge in [-0.05, 0) is 32.4 Å². The number of hydroxylamine groups is 2. The normalized spacial score (nSPS) is 25.9. The molecule has 3 rings (SSSR count). The molecule has 2 heterocycles. The summed E-state index contributed by atoms with van der Waals surface area (Å²) in [5.74, 6) is -0.162. The molecule has 2 aliphatic rings. The molecule has 1 aromatic carbocycles. The van der Waals surface area contributed by atoms with E-state index in [0.717, 1.165) is 18.4 Å². The zero-order valence-electron chi connectivity index (χ0n) is 17.7. The summed E-state index contributed by atoms with van der Waals surface area (Å²) >= 11 is 0. The second-order valence-corrected chi connectivity index (χ2v) is 8.42. The van der Waals surface area contributed by atoms with Crippen LogP contribution in [0, 0.1) is 0 Å². The fraction of sp³-hybridized carbons (Fsp3) is 0.619. The van der Waals surface area contributed by atoms with E-state index in [4.69, 9.17) is 4.84 Å². The van der Waals surface area contributed by atoms with Gasteiger partial charge in [0.2, 0.25) is 5.91 Å². The number of hydrogen-bond acceptors (Lipinski definition) is 6. The lowest BCUT2D eigenvalue weighted by Crippen LogP contribution is -2.72. The Morgan fingerprint density at radius 1 is 1.34 bits per heavy atom. The summed E-state index contributed by atoms with van der Waals surface area (Å²) in [5, 5.41) is 15.0. The van der Waals surface area contributed by atoms with E-state index in [1.807, 2.05) is 42.3 Å². The molecular weight excluding hydrogens is 372 g/mol. The molecule has 1 spiro atoms. The van der Waals surface area contributed by atoms with Gasteiger partial charge in [-0.25, -0.2) is 5.06 Å². The smallest absolute Gasteiger partial charge is 0.268 e. The summed E-state index contributed by atoms with van der Waals surface area (Å²) < 4.78 is 0. The number of benzene rings is 1. The predicted octanol–water partition coefficient (Wildman–Crippen LogP) is 0.221. The van der Waals surface area contributed by atoms with Crippen LogP contribution in [-0.2, 0) is 21.0 Å². The van der Waals surface area contributed by atoms with Gasteiger partial charge in [-0.3, -0.25) is 24.6 Å². The topological polar surface area (TPSA) is 85.3 Å². The standard InChI is InChI=1S/C21H32N4O4/c1-15(26)18(19(27)23(2)3)24(4)12-17-10-11-21(22-17)14-25(20(21)28)29-13-16-8-6-5-7-9-16/h5-9,15,17-18,22,26H,10-14H2,1-4H3/t15-,17?,18+,21?/m1/s1. The molecule has 2 unspecified atom stereocenters. The van der Waals surface area contributed by atoms with Crippen molar-refractivity contribution in [2.45, 2.75) is 50.1 Å². The van der Waals surface area contributed by atoms with Crippen LogP contribution in [0.4, 0.5) is 0 Å². The Kier molecular flexibility index (Phi) is 6.58. The van der Waals surface area contributed by atoms with E-state index in [1.54, 1.807) is 21.0 Å². The lowest BCUT2D eigenvalue weighted by Gasteiger charge is -2.45. The molecule has 29 heavy (non-hydrogen) atoms. The SMILES string of the molecule is C[C@@H](O)[C@@H](C(=O)N(C)C)N(C)CC1CCC2(CN(OCc3ccccc3)C2=O)N1. The first-order valence-electron chi connectivity index (χ1n) is 10.1. The van der Waals surface area contributed by atoms with Crippen LogP contribution in [-0.4, -0.2) is 89.7 Å². The number of carbonyl (C=O) groups is 2. The highest BCUT2D eigenvalue weighted by atomic mass is 16.7. The van der Waals surface area contributed by atoms with Crippen LogP contribution in [0.25, 0.3) is 0 Å². The quantitative estimate of drug-likeness (QED) is 0.603. The van der Waals surface area contributed by atoms with Crippen molar-refractivity contribution >= 4 is 11.8 Å². The fourth-order valence-electron chi connectivity index (χ4n) is 4.24. The number of likely N-dealkylation sites (N-methyl/N-ethyl adjacent to an activating group) is 2. The van der Waals surface area contributed by atoms with Crippen LogP contribution in [0.15, 0.2) is 30.3 Å². The molecular formula is C21H32N4O4. The van der Waals surface area contributed by atoms with Gasteiger partial charge in [0.05, 0.1) is 12.6 Å². The van der Waals surface area contributed by atoms with Crippen LogP contribution >= 0.6 is 0 Å². The number of nitrogens with one attached hydrogen (secondary N) is 1. The van der Waals surface area contributed by atoms with E-state index in [1.165, 1.54) is 9.96 Å². The highest BCUT2D eigenvalue weighted by molar-refractivity contribution is 5.92. The van der Waals surface area contributed by atoms with Crippen LogP contribution in [0.3, 0.4) is 0 Å². The number of β-lactam (4-membered cyclic amide) rings is 1. The Morgan fingerprint density at radius 2 is 2.03 bits per heavy atom. The summed E-state index contributed by atoms with van der Waals surface area (Å²) in [4.78, 5) is 34.1. The molecule has 4 atom stereocenters. The number of nitrogens with zero attached hydrogens (tertiary/aromatic N) is 3. The first-order chi connectivity index (χ1) is 13.7. The van der Waals surface area contributed by atoms with Gasteiger partial charge in [-0.2, -0.15) is 0 Å². The lowest BCUT2D eigenvalue weighted by atomic mass is 9.89. The van der Waals surface area contributed by atoms with Crippen molar-refractivity contribution in [3.63, 3.8) is 0 Å². The Hall–Kier alpha value is -2.00. The molecule has 160 valence electrons. The van der Waals surface area contributed by atoms with Crippen LogP contribution < -0.4 is 5.32 Å². The van der Waals surface area contributed by atoms with Crippen molar-refractivity contribution in [2.24, 2.45) is 0 Å². The van der Waals surface area contributed by atoms with Crippen molar-refractivity contribution in [3.05, 3.63) is 35.9 Å². The predicted molar refractivity (Wildman–Crippen MR) is 109 cm³/mol. The largest absolute Gasteiger partial charge is 0.391 e. The van der Waals surface area contributed by atoms with Gasteiger partial charge in [-0.15, -0.1) is 0 Å². The third kappa shape index (κ3) is 4.61. The molecule has 0 aromatic heterocycles. The van der Waals surface area contributed by atoms with Crippen molar-refractivity contribution in [1.29, 1.82) is 0 Å². The average Bonchev–Trinajstić information content (AvgIpc) is 3.11. The minimum Gasteiger partial charge on any atom is -0.391 e. The number of amides is 2. The zero-order chi connectivity index (χ0) is 21.2. The Bertz CT molecular complexity index is 727. The first kappa shape index (κ1) is 21.7. The molecule has 2 saturated heterocycles. The highest BCUT2D eigenvalue weighted by Crippen LogP contribution is 2.34. The van der Waals surface area contributed by atoms with Crippen molar-refractivity contribution < 1.29 is 19.5 Å². The maximum atomic E-state index is 12.7. The minimum absolute atomic E-state index is 0.0324. The van der Waals surface area contributed by atoms with Crippen LogP contribution in [0.5, 0.6) is 0 Å². The monoisotopic (exact) mass is 404 g/mol. The summed E-state index contributed by atoms with van der Waals surface area (Å²) in [6, 6.07) is 9.24. The second kappa shape index (κ2) is 8.79. The third-order valence-electron chi connectivity index (χ3n) is 5.81. The fourth-order valence-corrected chi connectivity index (χ4v) is 4.24. The number of rotatable bonds is 8. The molecule has 2 amide bonds. The maximum Gasteiger partial charge on any atom is 0.268 e. The minimum atomic E-state index is -0.780. The highest BCUT2D eigenvalue weighted by Gasteiger charge is 2.56. The van der Waals surface area contributed by atoms with E-state index in [-0.39, 0.29) is 17.9 Å². The van der Waals surface area contributed by atoms with E-state index >= 15 is 0 Å². The number of aliphatic hydroxyl groups is 1. The number of aliphatic hydroxyl groups excluding tert-OH is 1. The van der Waals surface area contributed by atoms with E-state index in [2.05, 4.69) is 5.32 Å². The number of hydrogen-bond donors (Lipinski definition) is 2. The van der Waals surface area contributed by atoms with Gasteiger partial charge in [0.25, 0.3) is 5.91 Å². The molecule has 0 aliphatic carbocycles. The van der Waals surface area contributed by atoms with Crippen molar-refractivity contribution in [1.82, 2.24) is 20.2 Å². The summed E-state index contributed by atoms with van der Waals surface area (Å²) in [5.41, 5.74) is 0.462. The third-order valence-corrected chi connectivity index (χ3v) is 5.81. The van der Waals surface area contributed by atoms with Crippen LogP contribution in [0.2, 0.25) is 0 Å². The maximum absolute atomic E-state index is 12.7. The summed E-state index contributed by atoms with van der Waals surface area (Å²) in [6.45, 7) is 3.10. The molecule has 1 aromatic rings. The lowest BCUT2D eigenvalue weighted by molar-refractivity contribution is -0.231. The molecule has 2 aliphatic heterocycles. The number of carbonyl (C=O) groups excluding carboxylic acids is 2. The Balaban J connectivity index is 1.51. The van der Waals surface area contributed by atoms with E-state index in [0.29, 0.717) is 19.7 Å². The van der Waals surface area contributed by atoms with E-state index < -0.39 is 17.7 Å². The molecule has 2 N–H and O–H groups in total. The molecule has 0 radical (unpaired) electrons. The Morgan fingerprint density at radius 3 is 2.62 bits per heavy atom. The second-order valence-electron chi connectivity index (χ2n) is 8.42. The van der Waals surface area contributed by atoms with Crippen molar-refractivity contribution in [2.75, 3.05) is 34.2 Å².